The van der Waals surface area contributed by atoms with E-state index in [1.54, 1.807) is 12.1 Å². The Kier molecular flexibility index (Phi) is 6.11. The smallest absolute Gasteiger partial charge is 0.274 e. The summed E-state index contributed by atoms with van der Waals surface area (Å²) in [6, 6.07) is 25.9. The van der Waals surface area contributed by atoms with E-state index in [1.165, 1.54) is 41.4 Å². The van der Waals surface area contributed by atoms with Gasteiger partial charge in [0.05, 0.1) is 17.3 Å². The number of aryl methyl sites for hydroxylation is 1. The van der Waals surface area contributed by atoms with Gasteiger partial charge in [0.15, 0.2) is 0 Å². The first-order chi connectivity index (χ1) is 18.9. The molecule has 0 radical (unpaired) electrons. The Labute approximate surface area is 223 Å². The van der Waals surface area contributed by atoms with Gasteiger partial charge in [-0.2, -0.15) is 5.10 Å². The summed E-state index contributed by atoms with van der Waals surface area (Å²) in [6.45, 7) is 1.99. The number of nitrogens with zero attached hydrogens (tertiary/aromatic N) is 2. The second-order valence-electron chi connectivity index (χ2n) is 9.59. The van der Waals surface area contributed by atoms with Crippen molar-refractivity contribution < 1.29 is 13.6 Å². The number of aromatic nitrogens is 1. The third-order valence-electron chi connectivity index (χ3n) is 6.99. The Morgan fingerprint density at radius 1 is 0.872 bits per heavy atom. The number of H-pyrrole nitrogens is 1. The molecule has 1 aliphatic heterocycles. The molecule has 1 atom stereocenters. The molecule has 1 unspecified atom stereocenters. The highest BCUT2D eigenvalue weighted by Gasteiger charge is 2.36. The lowest BCUT2D eigenvalue weighted by atomic mass is 9.90. The van der Waals surface area contributed by atoms with Gasteiger partial charge in [-0.05, 0) is 66.6 Å². The van der Waals surface area contributed by atoms with Crippen LogP contribution in [-0.4, -0.2) is 21.6 Å². The van der Waals surface area contributed by atoms with Crippen LogP contribution in [0.3, 0.4) is 0 Å². The van der Waals surface area contributed by atoms with Crippen LogP contribution in [0.2, 0.25) is 0 Å². The zero-order valence-electron chi connectivity index (χ0n) is 21.0. The number of rotatable bonds is 4. The first-order valence-electron chi connectivity index (χ1n) is 12.5. The van der Waals surface area contributed by atoms with Gasteiger partial charge in [0.2, 0.25) is 0 Å². The number of pyridine rings is 1. The summed E-state index contributed by atoms with van der Waals surface area (Å²) in [6.07, 6.45) is 0.235. The number of nitrogens with one attached hydrogen (secondary N) is 1. The predicted octanol–water partition coefficient (Wildman–Crippen LogP) is 6.77. The van der Waals surface area contributed by atoms with Crippen molar-refractivity contribution in [2.75, 3.05) is 0 Å². The molecule has 7 heteroatoms. The molecule has 0 saturated carbocycles. The van der Waals surface area contributed by atoms with Crippen LogP contribution in [0.4, 0.5) is 8.78 Å². The molecule has 1 N–H and O–H groups in total. The van der Waals surface area contributed by atoms with Crippen LogP contribution in [0.1, 0.15) is 39.5 Å². The van der Waals surface area contributed by atoms with Crippen LogP contribution in [0.5, 0.6) is 0 Å². The molecule has 192 valence electrons. The minimum atomic E-state index is -0.589. The van der Waals surface area contributed by atoms with Crippen molar-refractivity contribution in [2.24, 2.45) is 5.10 Å². The van der Waals surface area contributed by atoms with Gasteiger partial charge < -0.3 is 4.98 Å². The number of aromatic amines is 1. The summed E-state index contributed by atoms with van der Waals surface area (Å²) in [5.74, 6) is -1.31. The van der Waals surface area contributed by atoms with Crippen molar-refractivity contribution >= 4 is 22.5 Å². The average molecular weight is 520 g/mol. The van der Waals surface area contributed by atoms with E-state index in [9.17, 15) is 18.4 Å². The zero-order valence-corrected chi connectivity index (χ0v) is 21.0. The van der Waals surface area contributed by atoms with E-state index in [-0.39, 0.29) is 17.5 Å². The van der Waals surface area contributed by atoms with Crippen LogP contribution in [-0.2, 0) is 0 Å². The van der Waals surface area contributed by atoms with E-state index in [4.69, 9.17) is 5.10 Å². The lowest BCUT2D eigenvalue weighted by Crippen LogP contribution is -2.27. The molecule has 5 aromatic rings. The Hall–Kier alpha value is -4.91. The fraction of sp³-hybridized carbons (Fsp3) is 0.0938. The molecule has 0 spiro atoms. The van der Waals surface area contributed by atoms with Crippen LogP contribution >= 0.6 is 0 Å². The van der Waals surface area contributed by atoms with Gasteiger partial charge in [-0.3, -0.25) is 9.59 Å². The third-order valence-corrected chi connectivity index (χ3v) is 6.99. The number of hydrogen-bond acceptors (Lipinski definition) is 3. The molecule has 1 aromatic heterocycles. The molecule has 0 bridgehead atoms. The molecule has 0 aliphatic carbocycles. The number of benzene rings is 4. The summed E-state index contributed by atoms with van der Waals surface area (Å²) in [5, 5.41) is 6.88. The maximum atomic E-state index is 13.8. The van der Waals surface area contributed by atoms with E-state index in [1.807, 2.05) is 55.5 Å². The molecule has 5 nitrogen and oxygen atoms in total. The molecule has 39 heavy (non-hydrogen) atoms. The lowest BCUT2D eigenvalue weighted by Gasteiger charge is -2.22. The second-order valence-corrected chi connectivity index (χ2v) is 9.59. The highest BCUT2D eigenvalue weighted by Crippen LogP contribution is 2.37. The molecule has 4 aromatic carbocycles. The number of amides is 1. The zero-order chi connectivity index (χ0) is 27.1. The van der Waals surface area contributed by atoms with E-state index in [0.717, 1.165) is 22.1 Å². The SMILES string of the molecule is Cc1ccc2[nH]c(=O)c(C3=NN(C(=O)c4ccc(F)cc4)C(c4ccc(F)cc4)C3)c(-c3ccccc3)c2c1. The van der Waals surface area contributed by atoms with Gasteiger partial charge in [-0.1, -0.05) is 54.1 Å². The van der Waals surface area contributed by atoms with Gasteiger partial charge in [0.1, 0.15) is 11.6 Å². The fourth-order valence-electron chi connectivity index (χ4n) is 5.10. The van der Waals surface area contributed by atoms with Crippen molar-refractivity contribution in [3.63, 3.8) is 0 Å². The number of carbonyl (C=O) groups is 1. The summed E-state index contributed by atoms with van der Waals surface area (Å²) in [5.41, 5.74) is 4.70. The van der Waals surface area contributed by atoms with Gasteiger partial charge >= 0.3 is 0 Å². The van der Waals surface area contributed by atoms with Crippen LogP contribution < -0.4 is 5.56 Å². The van der Waals surface area contributed by atoms with Gasteiger partial charge in [0, 0.05) is 28.5 Å². The third kappa shape index (κ3) is 4.52. The quantitative estimate of drug-likeness (QED) is 0.285. The maximum absolute atomic E-state index is 13.8. The molecular formula is C32H23F2N3O2. The van der Waals surface area contributed by atoms with Crippen molar-refractivity contribution in [3.05, 3.63) is 141 Å². The standard InChI is InChI=1S/C32H23F2N3O2/c1-19-7-16-26-25(17-19)29(21-5-3-2-4-6-21)30(31(38)35-26)27-18-28(20-8-12-23(33)13-9-20)37(36-27)32(39)22-10-14-24(34)15-11-22/h2-17,28H,18H2,1H3,(H,35,38). The maximum Gasteiger partial charge on any atom is 0.274 e. The normalized spacial score (nSPS) is 15.0. The second kappa shape index (κ2) is 9.76. The molecule has 1 aliphatic rings. The summed E-state index contributed by atoms with van der Waals surface area (Å²) >= 11 is 0. The largest absolute Gasteiger partial charge is 0.321 e. The molecule has 0 fully saturated rings. The highest BCUT2D eigenvalue weighted by atomic mass is 19.1. The van der Waals surface area contributed by atoms with Gasteiger partial charge in [-0.25, -0.2) is 13.8 Å². The molecule has 0 saturated heterocycles. The van der Waals surface area contributed by atoms with E-state index < -0.39 is 23.6 Å². The number of halogens is 2. The van der Waals surface area contributed by atoms with E-state index in [2.05, 4.69) is 4.98 Å². The van der Waals surface area contributed by atoms with E-state index in [0.29, 0.717) is 22.4 Å². The van der Waals surface area contributed by atoms with Crippen molar-refractivity contribution in [1.82, 2.24) is 9.99 Å². The molecular weight excluding hydrogens is 496 g/mol. The number of carbonyl (C=O) groups excluding carboxylic acids is 1. The summed E-state index contributed by atoms with van der Waals surface area (Å²) in [7, 11) is 0. The average Bonchev–Trinajstić information content (AvgIpc) is 3.38. The fourth-order valence-corrected chi connectivity index (χ4v) is 5.10. The Morgan fingerprint density at radius 3 is 2.23 bits per heavy atom. The van der Waals surface area contributed by atoms with Gasteiger partial charge in [-0.15, -0.1) is 0 Å². The Morgan fingerprint density at radius 2 is 1.54 bits per heavy atom. The monoisotopic (exact) mass is 519 g/mol. The lowest BCUT2D eigenvalue weighted by molar-refractivity contribution is 0.0711. The summed E-state index contributed by atoms with van der Waals surface area (Å²) in [4.78, 5) is 30.2. The van der Waals surface area contributed by atoms with Crippen LogP contribution in [0.25, 0.3) is 22.0 Å². The van der Waals surface area contributed by atoms with Gasteiger partial charge in [0.25, 0.3) is 11.5 Å². The number of hydrazone groups is 1. The first-order valence-corrected chi connectivity index (χ1v) is 12.5. The van der Waals surface area contributed by atoms with E-state index >= 15 is 0 Å². The Balaban J connectivity index is 1.56. The number of hydrogen-bond donors (Lipinski definition) is 1. The van der Waals surface area contributed by atoms with Crippen LogP contribution in [0.15, 0.2) is 107 Å². The summed E-state index contributed by atoms with van der Waals surface area (Å²) < 4.78 is 27.3. The first kappa shape index (κ1) is 24.4. The van der Waals surface area contributed by atoms with Crippen molar-refractivity contribution in [2.45, 2.75) is 19.4 Å². The minimum absolute atomic E-state index is 0.235. The highest BCUT2D eigenvalue weighted by molar-refractivity contribution is 6.13. The van der Waals surface area contributed by atoms with Crippen LogP contribution in [0, 0.1) is 18.6 Å². The molecule has 6 rings (SSSR count). The van der Waals surface area contributed by atoms with Crippen molar-refractivity contribution in [1.29, 1.82) is 0 Å². The van der Waals surface area contributed by atoms with Crippen molar-refractivity contribution in [3.8, 4) is 11.1 Å². The topological polar surface area (TPSA) is 65.5 Å². The predicted molar refractivity (Wildman–Crippen MR) is 148 cm³/mol. The minimum Gasteiger partial charge on any atom is -0.321 e. The molecule has 1 amide bonds. The molecule has 2 heterocycles. The Bertz CT molecular complexity index is 1790. The number of fused-ring (bicyclic) bond motifs is 1.